The lowest BCUT2D eigenvalue weighted by Crippen LogP contribution is -2.27. The molecule has 0 bridgehead atoms. The number of fused-ring (bicyclic) bond motifs is 1. The van der Waals surface area contributed by atoms with E-state index in [0.717, 1.165) is 29.5 Å². The van der Waals surface area contributed by atoms with Crippen LogP contribution in [0.3, 0.4) is 0 Å². The third-order valence-electron chi connectivity index (χ3n) is 4.14. The van der Waals surface area contributed by atoms with Gasteiger partial charge in [-0.25, -0.2) is 4.98 Å². The molecular weight excluding hydrogens is 314 g/mol. The SMILES string of the molecule is CCCn1c(CNC2CCCC2)nc2cc(Br)ccc21. The summed E-state index contributed by atoms with van der Waals surface area (Å²) in [6.07, 6.45) is 6.52. The molecule has 0 atom stereocenters. The van der Waals surface area contributed by atoms with Crippen LogP contribution in [0.25, 0.3) is 11.0 Å². The van der Waals surface area contributed by atoms with Crippen LogP contribution in [0.1, 0.15) is 44.9 Å². The second kappa shape index (κ2) is 6.27. The first-order chi connectivity index (χ1) is 9.78. The van der Waals surface area contributed by atoms with E-state index in [9.17, 15) is 0 Å². The van der Waals surface area contributed by atoms with Crippen molar-refractivity contribution in [2.45, 2.75) is 58.2 Å². The number of hydrogen-bond donors (Lipinski definition) is 1. The minimum atomic E-state index is 0.691. The quantitative estimate of drug-likeness (QED) is 0.885. The highest BCUT2D eigenvalue weighted by molar-refractivity contribution is 9.10. The summed E-state index contributed by atoms with van der Waals surface area (Å²) in [7, 11) is 0. The topological polar surface area (TPSA) is 29.9 Å². The van der Waals surface area contributed by atoms with Crippen molar-refractivity contribution < 1.29 is 0 Å². The van der Waals surface area contributed by atoms with E-state index in [1.54, 1.807) is 0 Å². The van der Waals surface area contributed by atoms with Crippen molar-refractivity contribution in [2.24, 2.45) is 0 Å². The second-order valence-corrected chi connectivity index (χ2v) is 6.59. The van der Waals surface area contributed by atoms with E-state index in [2.05, 4.69) is 50.9 Å². The molecule has 0 unspecified atom stereocenters. The van der Waals surface area contributed by atoms with E-state index in [0.29, 0.717) is 6.04 Å². The van der Waals surface area contributed by atoms with Crippen LogP contribution in [-0.2, 0) is 13.1 Å². The van der Waals surface area contributed by atoms with Gasteiger partial charge in [0.1, 0.15) is 5.82 Å². The fraction of sp³-hybridized carbons (Fsp3) is 0.562. The predicted molar refractivity (Wildman–Crippen MR) is 86.8 cm³/mol. The zero-order valence-corrected chi connectivity index (χ0v) is 13.6. The number of nitrogens with zero attached hydrogens (tertiary/aromatic N) is 2. The maximum atomic E-state index is 4.82. The number of benzene rings is 1. The molecule has 3 rings (SSSR count). The summed E-state index contributed by atoms with van der Waals surface area (Å²) in [4.78, 5) is 4.82. The van der Waals surface area contributed by atoms with Gasteiger partial charge >= 0.3 is 0 Å². The Morgan fingerprint density at radius 2 is 2.15 bits per heavy atom. The smallest absolute Gasteiger partial charge is 0.123 e. The Morgan fingerprint density at radius 1 is 1.35 bits per heavy atom. The molecule has 0 amide bonds. The Hall–Kier alpha value is -0.870. The number of nitrogens with one attached hydrogen (secondary N) is 1. The third-order valence-corrected chi connectivity index (χ3v) is 4.63. The first-order valence-electron chi connectivity index (χ1n) is 7.66. The molecule has 0 saturated heterocycles. The maximum Gasteiger partial charge on any atom is 0.123 e. The van der Waals surface area contributed by atoms with Crippen molar-refractivity contribution in [1.29, 1.82) is 0 Å². The summed E-state index contributed by atoms with van der Waals surface area (Å²) in [6, 6.07) is 7.07. The van der Waals surface area contributed by atoms with Gasteiger partial charge in [-0.3, -0.25) is 0 Å². The Morgan fingerprint density at radius 3 is 2.90 bits per heavy atom. The van der Waals surface area contributed by atoms with E-state index in [1.165, 1.54) is 37.0 Å². The molecular formula is C16H22BrN3. The molecule has 1 N–H and O–H groups in total. The number of aryl methyl sites for hydroxylation is 1. The summed E-state index contributed by atoms with van der Waals surface area (Å²) in [6.45, 7) is 4.15. The molecule has 0 radical (unpaired) electrons. The summed E-state index contributed by atoms with van der Waals surface area (Å²) < 4.78 is 3.46. The fourth-order valence-corrected chi connectivity index (χ4v) is 3.48. The average Bonchev–Trinajstić information content (AvgIpc) is 3.05. The van der Waals surface area contributed by atoms with E-state index in [-0.39, 0.29) is 0 Å². The van der Waals surface area contributed by atoms with Gasteiger partial charge < -0.3 is 9.88 Å². The van der Waals surface area contributed by atoms with Gasteiger partial charge in [-0.2, -0.15) is 0 Å². The van der Waals surface area contributed by atoms with Crippen molar-refractivity contribution in [2.75, 3.05) is 0 Å². The van der Waals surface area contributed by atoms with Crippen molar-refractivity contribution in [3.05, 3.63) is 28.5 Å². The molecule has 1 aromatic heterocycles. The first kappa shape index (κ1) is 14.1. The molecule has 3 nitrogen and oxygen atoms in total. The second-order valence-electron chi connectivity index (χ2n) is 5.67. The highest BCUT2D eigenvalue weighted by Crippen LogP contribution is 2.22. The molecule has 1 aromatic carbocycles. The Bertz CT molecular complexity index is 585. The van der Waals surface area contributed by atoms with Crippen LogP contribution in [0.15, 0.2) is 22.7 Å². The monoisotopic (exact) mass is 335 g/mol. The van der Waals surface area contributed by atoms with Crippen LogP contribution in [0.2, 0.25) is 0 Å². The summed E-state index contributed by atoms with van der Waals surface area (Å²) in [5.74, 6) is 1.17. The average molecular weight is 336 g/mol. The molecule has 4 heteroatoms. The zero-order valence-electron chi connectivity index (χ0n) is 12.0. The minimum Gasteiger partial charge on any atom is -0.327 e. The highest BCUT2D eigenvalue weighted by Gasteiger charge is 2.16. The number of rotatable bonds is 5. The first-order valence-corrected chi connectivity index (χ1v) is 8.45. The Balaban J connectivity index is 1.85. The summed E-state index contributed by atoms with van der Waals surface area (Å²) in [5.41, 5.74) is 2.34. The van der Waals surface area contributed by atoms with Crippen molar-refractivity contribution in [3.8, 4) is 0 Å². The van der Waals surface area contributed by atoms with Crippen molar-refractivity contribution in [1.82, 2.24) is 14.9 Å². The Kier molecular flexibility index (Phi) is 4.41. The fourth-order valence-electron chi connectivity index (χ4n) is 3.13. The van der Waals surface area contributed by atoms with Gasteiger partial charge in [0.25, 0.3) is 0 Å². The van der Waals surface area contributed by atoms with E-state index < -0.39 is 0 Å². The standard InChI is InChI=1S/C16H22BrN3/c1-2-9-20-15-8-7-12(17)10-14(15)19-16(20)11-18-13-5-3-4-6-13/h7-8,10,13,18H,2-6,9,11H2,1H3. The van der Waals surface area contributed by atoms with Gasteiger partial charge in [-0.15, -0.1) is 0 Å². The molecule has 1 heterocycles. The number of imidazole rings is 1. The van der Waals surface area contributed by atoms with E-state index >= 15 is 0 Å². The van der Waals surface area contributed by atoms with Crippen LogP contribution >= 0.6 is 15.9 Å². The molecule has 0 spiro atoms. The summed E-state index contributed by atoms with van der Waals surface area (Å²) in [5, 5.41) is 3.68. The normalized spacial score (nSPS) is 16.3. The van der Waals surface area contributed by atoms with E-state index in [1.807, 2.05) is 0 Å². The largest absolute Gasteiger partial charge is 0.327 e. The summed E-state index contributed by atoms with van der Waals surface area (Å²) >= 11 is 3.53. The van der Waals surface area contributed by atoms with Crippen LogP contribution in [0, 0.1) is 0 Å². The van der Waals surface area contributed by atoms with Gasteiger partial charge in [-0.05, 0) is 37.5 Å². The molecule has 1 aliphatic carbocycles. The molecule has 2 aromatic rings. The lowest BCUT2D eigenvalue weighted by Gasteiger charge is -2.13. The van der Waals surface area contributed by atoms with Gasteiger partial charge in [0, 0.05) is 17.1 Å². The molecule has 1 aliphatic rings. The number of hydrogen-bond acceptors (Lipinski definition) is 2. The predicted octanol–water partition coefficient (Wildman–Crippen LogP) is 4.24. The molecule has 0 aliphatic heterocycles. The van der Waals surface area contributed by atoms with Crippen LogP contribution < -0.4 is 5.32 Å². The van der Waals surface area contributed by atoms with Crippen LogP contribution in [-0.4, -0.2) is 15.6 Å². The van der Waals surface area contributed by atoms with E-state index in [4.69, 9.17) is 4.98 Å². The van der Waals surface area contributed by atoms with Crippen LogP contribution in [0.5, 0.6) is 0 Å². The number of halogens is 1. The Labute approximate surface area is 128 Å². The molecule has 1 saturated carbocycles. The zero-order chi connectivity index (χ0) is 13.9. The number of aromatic nitrogens is 2. The maximum absolute atomic E-state index is 4.82. The van der Waals surface area contributed by atoms with Gasteiger partial charge in [0.2, 0.25) is 0 Å². The van der Waals surface area contributed by atoms with Gasteiger partial charge in [0.05, 0.1) is 17.6 Å². The van der Waals surface area contributed by atoms with Gasteiger partial charge in [-0.1, -0.05) is 35.7 Å². The molecule has 108 valence electrons. The van der Waals surface area contributed by atoms with Crippen LogP contribution in [0.4, 0.5) is 0 Å². The molecule has 20 heavy (non-hydrogen) atoms. The van der Waals surface area contributed by atoms with Crippen molar-refractivity contribution in [3.63, 3.8) is 0 Å². The van der Waals surface area contributed by atoms with Crippen molar-refractivity contribution >= 4 is 27.0 Å². The highest BCUT2D eigenvalue weighted by atomic mass is 79.9. The lowest BCUT2D eigenvalue weighted by molar-refractivity contribution is 0.500. The lowest BCUT2D eigenvalue weighted by atomic mass is 10.2. The third kappa shape index (κ3) is 2.91. The minimum absolute atomic E-state index is 0.691. The van der Waals surface area contributed by atoms with Gasteiger partial charge in [0.15, 0.2) is 0 Å². The molecule has 1 fully saturated rings.